The maximum Gasteiger partial charge on any atom is 0.303 e. The molecule has 0 aromatic rings. The van der Waals surface area contributed by atoms with Crippen LogP contribution >= 0.6 is 0 Å². The molecule has 0 heterocycles. The molecule has 9 heteroatoms. The number of carboxylic acids is 3. The van der Waals surface area contributed by atoms with Crippen LogP contribution in [-0.2, 0) is 14.4 Å². The fraction of sp³-hybridized carbons (Fsp3) is 0.864. The molecule has 0 saturated heterocycles. The number of rotatable bonds is 14. The molecule has 0 amide bonds. The molecule has 0 rings (SSSR count). The zero-order chi connectivity index (χ0) is 25.1. The lowest BCUT2D eigenvalue weighted by Crippen LogP contribution is -2.33. The summed E-state index contributed by atoms with van der Waals surface area (Å²) < 4.78 is 0. The van der Waals surface area contributed by atoms with E-state index < -0.39 is 23.3 Å². The predicted molar refractivity (Wildman–Crippen MR) is 120 cm³/mol. The number of aliphatic hydroxyl groups is 3. The SMILES string of the molecule is CCCC(CO)(CO)CO.CCCCC(=O)O.CCCCC(=O)O.CCCCC(=O)O. The normalized spacial score (nSPS) is 9.77. The van der Waals surface area contributed by atoms with E-state index in [1.807, 2.05) is 27.7 Å². The van der Waals surface area contributed by atoms with Gasteiger partial charge in [0.1, 0.15) is 0 Å². The Morgan fingerprint density at radius 3 is 0.871 bits per heavy atom. The average Bonchev–Trinajstić information content (AvgIpc) is 2.74. The number of hydrogen-bond donors (Lipinski definition) is 6. The Kier molecular flexibility index (Phi) is 33.4. The van der Waals surface area contributed by atoms with Gasteiger partial charge < -0.3 is 30.6 Å². The number of hydrogen-bond acceptors (Lipinski definition) is 6. The Hall–Kier alpha value is -1.71. The Balaban J connectivity index is -0.000000159. The molecule has 0 saturated carbocycles. The smallest absolute Gasteiger partial charge is 0.303 e. The van der Waals surface area contributed by atoms with E-state index >= 15 is 0 Å². The van der Waals surface area contributed by atoms with Gasteiger partial charge in [0.25, 0.3) is 0 Å². The summed E-state index contributed by atoms with van der Waals surface area (Å²) in [4.78, 5) is 29.3. The van der Waals surface area contributed by atoms with Crippen molar-refractivity contribution < 1.29 is 45.0 Å². The first-order valence-corrected chi connectivity index (χ1v) is 11.0. The first-order valence-electron chi connectivity index (χ1n) is 11.0. The summed E-state index contributed by atoms with van der Waals surface area (Å²) in [5, 5.41) is 50.5. The number of carboxylic acid groups (broad SMARTS) is 3. The highest BCUT2D eigenvalue weighted by Crippen LogP contribution is 2.21. The minimum Gasteiger partial charge on any atom is -0.481 e. The number of aliphatic hydroxyl groups excluding tert-OH is 3. The molecule has 0 aromatic carbocycles. The molecule has 0 fully saturated rings. The Bertz CT molecular complexity index is 357. The molecular formula is C22H46O9. The highest BCUT2D eigenvalue weighted by Gasteiger charge is 2.26. The van der Waals surface area contributed by atoms with Crippen molar-refractivity contribution in [2.75, 3.05) is 19.8 Å². The van der Waals surface area contributed by atoms with Gasteiger partial charge in [0, 0.05) is 24.7 Å². The molecule has 0 aromatic heterocycles. The first-order chi connectivity index (χ1) is 14.6. The van der Waals surface area contributed by atoms with Gasteiger partial charge in [-0.25, -0.2) is 0 Å². The van der Waals surface area contributed by atoms with Crippen molar-refractivity contribution in [2.24, 2.45) is 5.41 Å². The van der Waals surface area contributed by atoms with E-state index in [2.05, 4.69) is 0 Å². The van der Waals surface area contributed by atoms with Gasteiger partial charge in [0.15, 0.2) is 0 Å². The summed E-state index contributed by atoms with van der Waals surface area (Å²) >= 11 is 0. The van der Waals surface area contributed by atoms with Crippen molar-refractivity contribution in [3.8, 4) is 0 Å². The van der Waals surface area contributed by atoms with Gasteiger partial charge in [0.05, 0.1) is 19.8 Å². The molecule has 0 aliphatic carbocycles. The summed E-state index contributed by atoms with van der Waals surface area (Å²) in [6, 6.07) is 0. The lowest BCUT2D eigenvalue weighted by Gasteiger charge is -2.26. The lowest BCUT2D eigenvalue weighted by molar-refractivity contribution is -0.138. The van der Waals surface area contributed by atoms with E-state index in [1.54, 1.807) is 0 Å². The maximum atomic E-state index is 9.76. The van der Waals surface area contributed by atoms with Crippen LogP contribution in [0.15, 0.2) is 0 Å². The third-order valence-corrected chi connectivity index (χ3v) is 4.02. The highest BCUT2D eigenvalue weighted by atomic mass is 16.4. The van der Waals surface area contributed by atoms with Crippen molar-refractivity contribution in [1.29, 1.82) is 0 Å². The van der Waals surface area contributed by atoms with Crippen LogP contribution in [0, 0.1) is 5.41 Å². The Morgan fingerprint density at radius 1 is 0.548 bits per heavy atom. The average molecular weight is 455 g/mol. The molecule has 0 aliphatic rings. The summed E-state index contributed by atoms with van der Waals surface area (Å²) in [6.07, 6.45) is 7.77. The van der Waals surface area contributed by atoms with Gasteiger partial charge in [0.2, 0.25) is 0 Å². The summed E-state index contributed by atoms with van der Waals surface area (Å²) in [5.74, 6) is -2.08. The second-order valence-corrected chi connectivity index (χ2v) is 7.22. The molecule has 188 valence electrons. The highest BCUT2D eigenvalue weighted by molar-refractivity contribution is 5.67. The van der Waals surface area contributed by atoms with Gasteiger partial charge in [-0.05, 0) is 25.7 Å². The lowest BCUT2D eigenvalue weighted by atomic mass is 9.86. The predicted octanol–water partition coefficient (Wildman–Crippen LogP) is 3.53. The fourth-order valence-corrected chi connectivity index (χ4v) is 1.90. The van der Waals surface area contributed by atoms with Crippen LogP contribution in [0.1, 0.15) is 98.3 Å². The summed E-state index contributed by atoms with van der Waals surface area (Å²) in [5.41, 5.74) is -0.658. The van der Waals surface area contributed by atoms with Crippen LogP contribution in [0.25, 0.3) is 0 Å². The van der Waals surface area contributed by atoms with Crippen LogP contribution in [-0.4, -0.2) is 68.4 Å². The van der Waals surface area contributed by atoms with Gasteiger partial charge in [-0.15, -0.1) is 0 Å². The second-order valence-electron chi connectivity index (χ2n) is 7.22. The van der Waals surface area contributed by atoms with Crippen LogP contribution in [0.2, 0.25) is 0 Å². The Morgan fingerprint density at radius 2 is 0.806 bits per heavy atom. The number of carbonyl (C=O) groups is 3. The first kappa shape index (κ1) is 36.7. The molecule has 0 aliphatic heterocycles. The minimum atomic E-state index is -0.693. The van der Waals surface area contributed by atoms with E-state index in [1.165, 1.54) is 0 Å². The van der Waals surface area contributed by atoms with E-state index in [0.717, 1.165) is 44.9 Å². The monoisotopic (exact) mass is 454 g/mol. The van der Waals surface area contributed by atoms with Crippen molar-refractivity contribution in [3.05, 3.63) is 0 Å². The summed E-state index contributed by atoms with van der Waals surface area (Å²) in [6.45, 7) is 7.44. The molecule has 0 bridgehead atoms. The zero-order valence-corrected chi connectivity index (χ0v) is 19.8. The largest absolute Gasteiger partial charge is 0.481 e. The Labute approximate surface area is 187 Å². The van der Waals surface area contributed by atoms with Gasteiger partial charge in [-0.2, -0.15) is 0 Å². The minimum absolute atomic E-state index is 0.145. The fourth-order valence-electron chi connectivity index (χ4n) is 1.90. The molecule has 31 heavy (non-hydrogen) atoms. The van der Waals surface area contributed by atoms with Gasteiger partial charge in [-0.1, -0.05) is 53.4 Å². The van der Waals surface area contributed by atoms with Crippen LogP contribution in [0.3, 0.4) is 0 Å². The van der Waals surface area contributed by atoms with Crippen molar-refractivity contribution in [1.82, 2.24) is 0 Å². The topological polar surface area (TPSA) is 173 Å². The quantitative estimate of drug-likeness (QED) is 0.229. The van der Waals surface area contributed by atoms with Crippen LogP contribution < -0.4 is 0 Å². The molecule has 0 atom stereocenters. The van der Waals surface area contributed by atoms with Crippen molar-refractivity contribution in [2.45, 2.75) is 98.3 Å². The third-order valence-electron chi connectivity index (χ3n) is 4.02. The molecule has 0 unspecified atom stereocenters. The number of aliphatic carboxylic acids is 3. The molecule has 0 radical (unpaired) electrons. The van der Waals surface area contributed by atoms with Crippen molar-refractivity contribution in [3.63, 3.8) is 0 Å². The van der Waals surface area contributed by atoms with Gasteiger partial charge >= 0.3 is 17.9 Å². The van der Waals surface area contributed by atoms with Crippen LogP contribution in [0.5, 0.6) is 0 Å². The zero-order valence-electron chi connectivity index (χ0n) is 19.8. The molecule has 0 spiro atoms. The molecular weight excluding hydrogens is 408 g/mol. The van der Waals surface area contributed by atoms with E-state index in [-0.39, 0.29) is 19.8 Å². The van der Waals surface area contributed by atoms with Crippen molar-refractivity contribution >= 4 is 17.9 Å². The second kappa shape index (κ2) is 28.3. The molecule has 9 nitrogen and oxygen atoms in total. The van der Waals surface area contributed by atoms with Gasteiger partial charge in [-0.3, -0.25) is 14.4 Å². The number of unbranched alkanes of at least 4 members (excludes halogenated alkanes) is 3. The summed E-state index contributed by atoms with van der Waals surface area (Å²) in [7, 11) is 0. The maximum absolute atomic E-state index is 9.76. The van der Waals surface area contributed by atoms with E-state index in [0.29, 0.717) is 25.7 Å². The van der Waals surface area contributed by atoms with Crippen LogP contribution in [0.4, 0.5) is 0 Å². The standard InChI is InChI=1S/C7H16O3.3C5H10O2/c1-2-3-7(4-8,5-9)6-10;3*1-2-3-4-5(6)7/h8-10H,2-6H2,1H3;3*2-4H2,1H3,(H,6,7). The van der Waals surface area contributed by atoms with E-state index in [4.69, 9.17) is 30.6 Å². The van der Waals surface area contributed by atoms with E-state index in [9.17, 15) is 14.4 Å². The molecule has 6 N–H and O–H groups in total. The third kappa shape index (κ3) is 36.0.